The minimum absolute atomic E-state index is 0.199. The Bertz CT molecular complexity index is 782. The van der Waals surface area contributed by atoms with Crippen LogP contribution in [0.4, 0.5) is 4.79 Å². The molecule has 118 valence electrons. The molecule has 0 radical (unpaired) electrons. The van der Waals surface area contributed by atoms with Crippen molar-refractivity contribution in [3.8, 4) is 0 Å². The molecule has 2 N–H and O–H groups in total. The summed E-state index contributed by atoms with van der Waals surface area (Å²) in [5.41, 5.74) is 1.70. The quantitative estimate of drug-likeness (QED) is 0.826. The summed E-state index contributed by atoms with van der Waals surface area (Å²) in [5.74, 6) is 0. The average molecular weight is 387 g/mol. The van der Waals surface area contributed by atoms with E-state index in [-0.39, 0.29) is 11.4 Å². The smallest absolute Gasteiger partial charge is 0.404 e. The van der Waals surface area contributed by atoms with E-state index in [1.54, 1.807) is 30.3 Å². The highest BCUT2D eigenvalue weighted by atomic mass is 79.9. The highest BCUT2D eigenvalue weighted by Crippen LogP contribution is 2.23. The summed E-state index contributed by atoms with van der Waals surface area (Å²) in [6.45, 7) is 2.10. The molecular weight excluding hydrogens is 372 g/mol. The van der Waals surface area contributed by atoms with Crippen LogP contribution in [0.25, 0.3) is 0 Å². The van der Waals surface area contributed by atoms with E-state index in [1.165, 1.54) is 6.20 Å². The number of carbonyl (C=O) groups is 1. The van der Waals surface area contributed by atoms with Crippen molar-refractivity contribution >= 4 is 32.0 Å². The Hall–Kier alpha value is -1.80. The summed E-state index contributed by atoms with van der Waals surface area (Å²) in [5, 5.41) is 10.8. The summed E-state index contributed by atoms with van der Waals surface area (Å²) in [7, 11) is -3.67. The first-order valence-electron chi connectivity index (χ1n) is 6.46. The first-order valence-corrected chi connectivity index (χ1v) is 8.70. The van der Waals surface area contributed by atoms with E-state index in [9.17, 15) is 13.2 Å². The molecule has 0 fully saturated rings. The molecule has 8 heteroatoms. The van der Waals surface area contributed by atoms with Gasteiger partial charge in [0.2, 0.25) is 0 Å². The zero-order valence-corrected chi connectivity index (χ0v) is 14.2. The maximum Gasteiger partial charge on any atom is 0.404 e. The molecule has 0 bridgehead atoms. The van der Waals surface area contributed by atoms with Gasteiger partial charge in [-0.3, -0.25) is 0 Å². The van der Waals surface area contributed by atoms with Crippen molar-refractivity contribution in [3.63, 3.8) is 0 Å². The van der Waals surface area contributed by atoms with E-state index < -0.39 is 16.1 Å². The summed E-state index contributed by atoms with van der Waals surface area (Å²) in [4.78, 5) is 10.6. The molecule has 0 atom stereocenters. The van der Waals surface area contributed by atoms with Gasteiger partial charge in [-0.05, 0) is 53.0 Å². The zero-order chi connectivity index (χ0) is 16.3. The molecule has 0 aliphatic rings. The first-order chi connectivity index (χ1) is 10.3. The molecule has 1 aromatic carbocycles. The minimum Gasteiger partial charge on any atom is -0.465 e. The SMILES string of the molecule is Cc1ccc(S(=O)(=O)n2cc(CCNC(=O)O)cc2Br)cc1. The lowest BCUT2D eigenvalue weighted by Gasteiger charge is -2.07. The normalized spacial score (nSPS) is 11.4. The second kappa shape index (κ2) is 6.53. The minimum atomic E-state index is -3.67. The number of benzene rings is 1. The molecule has 0 unspecified atom stereocenters. The Morgan fingerprint density at radius 3 is 2.55 bits per heavy atom. The van der Waals surface area contributed by atoms with E-state index in [0.717, 1.165) is 15.1 Å². The van der Waals surface area contributed by atoms with Gasteiger partial charge in [-0.2, -0.15) is 0 Å². The van der Waals surface area contributed by atoms with E-state index in [0.29, 0.717) is 11.0 Å². The van der Waals surface area contributed by atoms with Gasteiger partial charge in [0.1, 0.15) is 4.60 Å². The molecule has 0 saturated heterocycles. The molecule has 6 nitrogen and oxygen atoms in total. The van der Waals surface area contributed by atoms with Crippen LogP contribution < -0.4 is 5.32 Å². The lowest BCUT2D eigenvalue weighted by molar-refractivity contribution is 0.194. The molecule has 0 saturated carbocycles. The van der Waals surface area contributed by atoms with Gasteiger partial charge < -0.3 is 10.4 Å². The average Bonchev–Trinajstić information content (AvgIpc) is 2.80. The Kier molecular flexibility index (Phi) is 4.92. The van der Waals surface area contributed by atoms with Crippen LogP contribution in [0.2, 0.25) is 0 Å². The number of hydrogen-bond donors (Lipinski definition) is 2. The predicted molar refractivity (Wildman–Crippen MR) is 85.6 cm³/mol. The molecule has 22 heavy (non-hydrogen) atoms. The highest BCUT2D eigenvalue weighted by Gasteiger charge is 2.19. The van der Waals surface area contributed by atoms with Crippen molar-refractivity contribution in [1.29, 1.82) is 0 Å². The fraction of sp³-hybridized carbons (Fsp3) is 0.214. The standard InChI is InChI=1S/C14H15BrN2O4S/c1-10-2-4-12(5-3-10)22(20,21)17-9-11(8-13(17)15)6-7-16-14(18)19/h2-5,8-9,16H,6-7H2,1H3,(H,18,19). The summed E-state index contributed by atoms with van der Waals surface area (Å²) in [6, 6.07) is 8.25. The molecular formula is C14H15BrN2O4S. The van der Waals surface area contributed by atoms with Crippen molar-refractivity contribution < 1.29 is 18.3 Å². The van der Waals surface area contributed by atoms with Gasteiger partial charge in [0.15, 0.2) is 0 Å². The fourth-order valence-corrected chi connectivity index (χ4v) is 4.16. The van der Waals surface area contributed by atoms with E-state index in [4.69, 9.17) is 5.11 Å². The summed E-state index contributed by atoms with van der Waals surface area (Å²) >= 11 is 3.23. The number of carboxylic acid groups (broad SMARTS) is 1. The van der Waals surface area contributed by atoms with Gasteiger partial charge in [-0.25, -0.2) is 17.2 Å². The van der Waals surface area contributed by atoms with Crippen molar-refractivity contribution in [2.45, 2.75) is 18.2 Å². The molecule has 1 heterocycles. The van der Waals surface area contributed by atoms with Crippen LogP contribution in [0.5, 0.6) is 0 Å². The number of halogens is 1. The lowest BCUT2D eigenvalue weighted by atomic mass is 10.2. The van der Waals surface area contributed by atoms with Crippen molar-refractivity contribution in [1.82, 2.24) is 9.29 Å². The Labute approximate surface area is 137 Å². The molecule has 2 aromatic rings. The predicted octanol–water partition coefficient (Wildman–Crippen LogP) is 2.61. The number of hydrogen-bond acceptors (Lipinski definition) is 3. The summed E-state index contributed by atoms with van der Waals surface area (Å²) < 4.78 is 26.7. The van der Waals surface area contributed by atoms with Crippen LogP contribution in [0.3, 0.4) is 0 Å². The maximum atomic E-state index is 12.6. The highest BCUT2D eigenvalue weighted by molar-refractivity contribution is 9.10. The van der Waals surface area contributed by atoms with Crippen molar-refractivity contribution in [3.05, 3.63) is 52.3 Å². The molecule has 1 amide bonds. The second-order valence-corrected chi connectivity index (χ2v) is 7.39. The van der Waals surface area contributed by atoms with E-state index in [1.807, 2.05) is 6.92 Å². The third-order valence-electron chi connectivity index (χ3n) is 3.07. The number of nitrogens with zero attached hydrogens (tertiary/aromatic N) is 1. The third kappa shape index (κ3) is 3.69. The van der Waals surface area contributed by atoms with Crippen molar-refractivity contribution in [2.24, 2.45) is 0 Å². The zero-order valence-electron chi connectivity index (χ0n) is 11.8. The van der Waals surface area contributed by atoms with Gasteiger partial charge in [-0.15, -0.1) is 0 Å². The molecule has 0 aliphatic heterocycles. The largest absolute Gasteiger partial charge is 0.465 e. The number of rotatable bonds is 5. The van der Waals surface area contributed by atoms with Gasteiger partial charge in [-0.1, -0.05) is 17.7 Å². The maximum absolute atomic E-state index is 12.6. The van der Waals surface area contributed by atoms with Crippen LogP contribution >= 0.6 is 15.9 Å². The number of aryl methyl sites for hydroxylation is 1. The van der Waals surface area contributed by atoms with Gasteiger partial charge >= 0.3 is 6.09 Å². The second-order valence-electron chi connectivity index (χ2n) is 4.77. The van der Waals surface area contributed by atoms with Crippen LogP contribution in [-0.4, -0.2) is 30.1 Å². The van der Waals surface area contributed by atoms with Crippen molar-refractivity contribution in [2.75, 3.05) is 6.54 Å². The lowest BCUT2D eigenvalue weighted by Crippen LogP contribution is -2.23. The molecule has 0 aliphatic carbocycles. The van der Waals surface area contributed by atoms with Crippen LogP contribution in [-0.2, 0) is 16.4 Å². The molecule has 1 aromatic heterocycles. The third-order valence-corrected chi connectivity index (χ3v) is 5.60. The topological polar surface area (TPSA) is 88.4 Å². The summed E-state index contributed by atoms with van der Waals surface area (Å²) in [6.07, 6.45) is 0.787. The fourth-order valence-electron chi connectivity index (χ4n) is 1.92. The van der Waals surface area contributed by atoms with Gasteiger partial charge in [0.25, 0.3) is 10.0 Å². The Balaban J connectivity index is 2.26. The number of nitrogens with one attached hydrogen (secondary N) is 1. The van der Waals surface area contributed by atoms with E-state index in [2.05, 4.69) is 21.2 Å². The number of aromatic nitrogens is 1. The monoisotopic (exact) mass is 386 g/mol. The first kappa shape index (κ1) is 16.6. The molecule has 0 spiro atoms. The van der Waals surface area contributed by atoms with Crippen LogP contribution in [0, 0.1) is 6.92 Å². The van der Waals surface area contributed by atoms with Crippen LogP contribution in [0.1, 0.15) is 11.1 Å². The molecule has 2 rings (SSSR count). The van der Waals surface area contributed by atoms with Crippen LogP contribution in [0.15, 0.2) is 46.0 Å². The van der Waals surface area contributed by atoms with Gasteiger partial charge in [0.05, 0.1) is 4.90 Å². The Morgan fingerprint density at radius 1 is 1.32 bits per heavy atom. The van der Waals surface area contributed by atoms with E-state index >= 15 is 0 Å². The number of amides is 1. The van der Waals surface area contributed by atoms with Gasteiger partial charge in [0, 0.05) is 12.7 Å². The Morgan fingerprint density at radius 2 is 1.95 bits per heavy atom.